The van der Waals surface area contributed by atoms with Crippen LogP contribution in [0.1, 0.15) is 23.3 Å². The van der Waals surface area contributed by atoms with Gasteiger partial charge in [-0.1, -0.05) is 6.07 Å². The van der Waals surface area contributed by atoms with E-state index in [1.165, 1.54) is 0 Å². The predicted octanol–water partition coefficient (Wildman–Crippen LogP) is 0.261. The van der Waals surface area contributed by atoms with Crippen LogP contribution < -0.4 is 5.73 Å². The Balaban J connectivity index is 2.18. The lowest BCUT2D eigenvalue weighted by atomic mass is 10.2. The van der Waals surface area contributed by atoms with Crippen molar-refractivity contribution >= 4 is 11.7 Å². The first-order valence-electron chi connectivity index (χ1n) is 5.36. The summed E-state index contributed by atoms with van der Waals surface area (Å²) in [6, 6.07) is 4.92. The van der Waals surface area contributed by atoms with Gasteiger partial charge in [0, 0.05) is 6.54 Å². The van der Waals surface area contributed by atoms with Crippen molar-refractivity contribution in [1.82, 2.24) is 9.88 Å². The van der Waals surface area contributed by atoms with E-state index in [4.69, 9.17) is 10.8 Å². The number of aromatic nitrogens is 1. The van der Waals surface area contributed by atoms with Crippen molar-refractivity contribution in [3.05, 3.63) is 23.9 Å². The van der Waals surface area contributed by atoms with Crippen LogP contribution in [0, 0.1) is 0 Å². The topological polar surface area (TPSA) is 79.5 Å². The molecule has 1 amide bonds. The van der Waals surface area contributed by atoms with Crippen molar-refractivity contribution in [1.29, 1.82) is 0 Å². The van der Waals surface area contributed by atoms with Gasteiger partial charge >= 0.3 is 0 Å². The fraction of sp³-hybridized carbons (Fsp3) is 0.455. The number of rotatable bonds is 2. The first-order valence-corrected chi connectivity index (χ1v) is 5.36. The minimum absolute atomic E-state index is 0.00799. The molecule has 1 aliphatic heterocycles. The second-order valence-electron chi connectivity index (χ2n) is 3.92. The average Bonchev–Trinajstić information content (AvgIpc) is 2.76. The third-order valence-corrected chi connectivity index (χ3v) is 2.84. The number of aliphatic hydroxyl groups is 1. The monoisotopic (exact) mass is 221 g/mol. The lowest BCUT2D eigenvalue weighted by Crippen LogP contribution is -2.38. The van der Waals surface area contributed by atoms with Crippen molar-refractivity contribution in [3.63, 3.8) is 0 Å². The molecule has 2 heterocycles. The Hall–Kier alpha value is -1.62. The summed E-state index contributed by atoms with van der Waals surface area (Å²) in [5, 5.41) is 9.15. The number of hydrogen-bond donors (Lipinski definition) is 2. The SMILES string of the molecule is Nc1cccc(C(=O)N2CCC[C@@H]2CO)n1. The number of anilines is 1. The number of nitrogen functional groups attached to an aromatic ring is 1. The zero-order valence-corrected chi connectivity index (χ0v) is 8.97. The van der Waals surface area contributed by atoms with Crippen molar-refractivity contribution in [2.45, 2.75) is 18.9 Å². The molecule has 2 rings (SSSR count). The highest BCUT2D eigenvalue weighted by molar-refractivity contribution is 5.93. The number of aliphatic hydroxyl groups excluding tert-OH is 1. The number of carbonyl (C=O) groups excluding carboxylic acids is 1. The van der Waals surface area contributed by atoms with E-state index in [1.807, 2.05) is 0 Å². The van der Waals surface area contributed by atoms with Crippen LogP contribution in [0.25, 0.3) is 0 Å². The van der Waals surface area contributed by atoms with E-state index in [1.54, 1.807) is 23.1 Å². The molecule has 1 aliphatic rings. The molecule has 5 heteroatoms. The van der Waals surface area contributed by atoms with Crippen LogP contribution in [0.3, 0.4) is 0 Å². The molecular formula is C11H15N3O2. The Bertz CT molecular complexity index is 395. The predicted molar refractivity (Wildman–Crippen MR) is 59.8 cm³/mol. The van der Waals surface area contributed by atoms with Gasteiger partial charge in [0.05, 0.1) is 12.6 Å². The van der Waals surface area contributed by atoms with Gasteiger partial charge in [0.25, 0.3) is 5.91 Å². The maximum atomic E-state index is 12.1. The molecule has 1 aromatic heterocycles. The molecule has 3 N–H and O–H groups in total. The molecule has 0 saturated carbocycles. The molecule has 1 saturated heterocycles. The van der Waals surface area contributed by atoms with Gasteiger partial charge in [0.15, 0.2) is 0 Å². The highest BCUT2D eigenvalue weighted by Gasteiger charge is 2.29. The summed E-state index contributed by atoms with van der Waals surface area (Å²) in [5.74, 6) is 0.189. The lowest BCUT2D eigenvalue weighted by molar-refractivity contribution is 0.0672. The van der Waals surface area contributed by atoms with Crippen molar-refractivity contribution in [2.75, 3.05) is 18.9 Å². The van der Waals surface area contributed by atoms with Gasteiger partial charge < -0.3 is 15.7 Å². The average molecular weight is 221 g/mol. The number of nitrogens with zero attached hydrogens (tertiary/aromatic N) is 2. The molecule has 1 aromatic rings. The third-order valence-electron chi connectivity index (χ3n) is 2.84. The Morgan fingerprint density at radius 3 is 3.12 bits per heavy atom. The smallest absolute Gasteiger partial charge is 0.272 e. The number of nitrogens with two attached hydrogens (primary N) is 1. The van der Waals surface area contributed by atoms with Crippen LogP contribution in [0.5, 0.6) is 0 Å². The fourth-order valence-electron chi connectivity index (χ4n) is 2.01. The maximum Gasteiger partial charge on any atom is 0.272 e. The Morgan fingerprint density at radius 1 is 1.62 bits per heavy atom. The molecule has 0 unspecified atom stereocenters. The quantitative estimate of drug-likeness (QED) is 0.750. The molecule has 0 bridgehead atoms. The molecular weight excluding hydrogens is 206 g/mol. The molecule has 0 aliphatic carbocycles. The summed E-state index contributed by atoms with van der Waals surface area (Å²) < 4.78 is 0. The van der Waals surface area contributed by atoms with Gasteiger partial charge in [0.2, 0.25) is 0 Å². The van der Waals surface area contributed by atoms with Crippen LogP contribution >= 0.6 is 0 Å². The molecule has 0 spiro atoms. The summed E-state index contributed by atoms with van der Waals surface area (Å²) >= 11 is 0. The molecule has 1 atom stereocenters. The zero-order chi connectivity index (χ0) is 11.5. The van der Waals surface area contributed by atoms with Gasteiger partial charge in [0.1, 0.15) is 11.5 Å². The van der Waals surface area contributed by atoms with Crippen LogP contribution in [-0.4, -0.2) is 40.1 Å². The molecule has 0 radical (unpaired) electrons. The summed E-state index contributed by atoms with van der Waals surface area (Å²) in [6.07, 6.45) is 1.78. The number of hydrogen-bond acceptors (Lipinski definition) is 4. The van der Waals surface area contributed by atoms with Gasteiger partial charge in [-0.15, -0.1) is 0 Å². The summed E-state index contributed by atoms with van der Waals surface area (Å²) in [6.45, 7) is 0.689. The number of carbonyl (C=O) groups is 1. The summed E-state index contributed by atoms with van der Waals surface area (Å²) in [7, 11) is 0. The van der Waals surface area contributed by atoms with Crippen LogP contribution in [0.4, 0.5) is 5.82 Å². The van der Waals surface area contributed by atoms with E-state index in [-0.39, 0.29) is 18.6 Å². The summed E-state index contributed by atoms with van der Waals surface area (Å²) in [4.78, 5) is 17.7. The number of pyridine rings is 1. The largest absolute Gasteiger partial charge is 0.394 e. The van der Waals surface area contributed by atoms with Crippen molar-refractivity contribution < 1.29 is 9.90 Å². The Morgan fingerprint density at radius 2 is 2.44 bits per heavy atom. The highest BCUT2D eigenvalue weighted by Crippen LogP contribution is 2.19. The van der Waals surface area contributed by atoms with Gasteiger partial charge in [-0.25, -0.2) is 4.98 Å². The van der Waals surface area contributed by atoms with Gasteiger partial charge in [-0.05, 0) is 25.0 Å². The van der Waals surface area contributed by atoms with Gasteiger partial charge in [-0.2, -0.15) is 0 Å². The second kappa shape index (κ2) is 4.49. The molecule has 5 nitrogen and oxygen atoms in total. The highest BCUT2D eigenvalue weighted by atomic mass is 16.3. The minimum atomic E-state index is -0.149. The van der Waals surface area contributed by atoms with E-state index < -0.39 is 0 Å². The van der Waals surface area contributed by atoms with E-state index in [9.17, 15) is 4.79 Å². The van der Waals surface area contributed by atoms with Crippen molar-refractivity contribution in [2.24, 2.45) is 0 Å². The van der Waals surface area contributed by atoms with E-state index >= 15 is 0 Å². The molecule has 86 valence electrons. The Labute approximate surface area is 93.9 Å². The summed E-state index contributed by atoms with van der Waals surface area (Å²) in [5.41, 5.74) is 5.88. The lowest BCUT2D eigenvalue weighted by Gasteiger charge is -2.22. The second-order valence-corrected chi connectivity index (χ2v) is 3.92. The van der Waals surface area contributed by atoms with E-state index in [2.05, 4.69) is 4.98 Å². The minimum Gasteiger partial charge on any atom is -0.394 e. The van der Waals surface area contributed by atoms with Crippen molar-refractivity contribution in [3.8, 4) is 0 Å². The normalized spacial score (nSPS) is 20.1. The van der Waals surface area contributed by atoms with Crippen LogP contribution in [-0.2, 0) is 0 Å². The first-order chi connectivity index (χ1) is 7.72. The Kier molecular flexibility index (Phi) is 3.05. The number of amides is 1. The van der Waals surface area contributed by atoms with Crippen LogP contribution in [0.2, 0.25) is 0 Å². The van der Waals surface area contributed by atoms with E-state index in [0.717, 1.165) is 12.8 Å². The van der Waals surface area contributed by atoms with Gasteiger partial charge in [-0.3, -0.25) is 4.79 Å². The van der Waals surface area contributed by atoms with Crippen LogP contribution in [0.15, 0.2) is 18.2 Å². The molecule has 16 heavy (non-hydrogen) atoms. The third kappa shape index (κ3) is 1.99. The first kappa shape index (κ1) is 10.9. The maximum absolute atomic E-state index is 12.1. The van der Waals surface area contributed by atoms with E-state index in [0.29, 0.717) is 18.1 Å². The fourth-order valence-corrected chi connectivity index (χ4v) is 2.01. The molecule has 0 aromatic carbocycles. The molecule has 1 fully saturated rings. The standard InChI is InChI=1S/C11H15N3O2/c12-10-5-1-4-9(13-10)11(16)14-6-2-3-8(14)7-15/h1,4-5,8,15H,2-3,6-7H2,(H2,12,13)/t8-/m1/s1. The zero-order valence-electron chi connectivity index (χ0n) is 8.97. The number of likely N-dealkylation sites (tertiary alicyclic amines) is 1.